The number of anilines is 1. The van der Waals surface area contributed by atoms with Gasteiger partial charge in [0, 0.05) is 0 Å². The minimum absolute atomic E-state index is 0.108. The second-order valence-corrected chi connectivity index (χ2v) is 4.74. The Hall–Kier alpha value is -1.96. The summed E-state index contributed by atoms with van der Waals surface area (Å²) in [6.45, 7) is 1.63. The van der Waals surface area contributed by atoms with E-state index in [1.165, 1.54) is 24.9 Å². The first kappa shape index (κ1) is 10.6. The molecule has 2 heterocycles. The van der Waals surface area contributed by atoms with E-state index in [9.17, 15) is 8.42 Å². The molecule has 0 radical (unpaired) electrons. The molecule has 0 unspecified atom stereocenters. The second kappa shape index (κ2) is 3.89. The first-order valence-corrected chi connectivity index (χ1v) is 5.86. The zero-order chi connectivity index (χ0) is 11.6. The summed E-state index contributed by atoms with van der Waals surface area (Å²) in [4.78, 5) is 7.53. The zero-order valence-electron chi connectivity index (χ0n) is 8.38. The molecule has 0 amide bonds. The Bertz CT molecular complexity index is 577. The first-order valence-electron chi connectivity index (χ1n) is 4.37. The molecule has 0 saturated carbocycles. The highest BCUT2D eigenvalue weighted by molar-refractivity contribution is 7.92. The van der Waals surface area contributed by atoms with Gasteiger partial charge < -0.3 is 0 Å². The third-order valence-electron chi connectivity index (χ3n) is 1.89. The minimum atomic E-state index is -3.62. The van der Waals surface area contributed by atoms with E-state index in [4.69, 9.17) is 0 Å². The highest BCUT2D eigenvalue weighted by Crippen LogP contribution is 2.15. The second-order valence-electron chi connectivity index (χ2n) is 3.09. The van der Waals surface area contributed by atoms with Crippen molar-refractivity contribution in [2.75, 3.05) is 4.72 Å². The van der Waals surface area contributed by atoms with Crippen LogP contribution in [0.2, 0.25) is 0 Å². The smallest absolute Gasteiger partial charge is 0.265 e. The number of rotatable bonds is 3. The van der Waals surface area contributed by atoms with E-state index in [2.05, 4.69) is 24.9 Å². The average Bonchev–Trinajstić information content (AvgIpc) is 2.66. The fourth-order valence-electron chi connectivity index (χ4n) is 1.17. The van der Waals surface area contributed by atoms with Gasteiger partial charge in [0.05, 0.1) is 30.0 Å². The molecule has 2 aromatic heterocycles. The number of aryl methyl sites for hydroxylation is 1. The number of aromatic nitrogens is 4. The van der Waals surface area contributed by atoms with Crippen molar-refractivity contribution in [1.82, 2.24) is 20.2 Å². The monoisotopic (exact) mass is 239 g/mol. The molecule has 2 rings (SSSR count). The molecular weight excluding hydrogens is 230 g/mol. The molecule has 2 aromatic rings. The third-order valence-corrected chi connectivity index (χ3v) is 3.38. The van der Waals surface area contributed by atoms with Crippen LogP contribution in [-0.2, 0) is 10.0 Å². The van der Waals surface area contributed by atoms with Crippen LogP contribution in [0.3, 0.4) is 0 Å². The lowest BCUT2D eigenvalue weighted by molar-refractivity contribution is 0.600. The lowest BCUT2D eigenvalue weighted by atomic mass is 10.5. The molecular formula is C8H9N5O2S. The van der Waals surface area contributed by atoms with Gasteiger partial charge in [-0.15, -0.1) is 0 Å². The van der Waals surface area contributed by atoms with Crippen LogP contribution in [0.4, 0.5) is 5.69 Å². The fourth-order valence-corrected chi connectivity index (χ4v) is 2.34. The molecule has 0 fully saturated rings. The van der Waals surface area contributed by atoms with Crippen molar-refractivity contribution in [2.45, 2.75) is 11.8 Å². The number of H-pyrrole nitrogens is 1. The molecule has 8 heteroatoms. The Morgan fingerprint density at radius 1 is 1.25 bits per heavy atom. The molecule has 84 valence electrons. The quantitative estimate of drug-likeness (QED) is 0.802. The average molecular weight is 239 g/mol. The van der Waals surface area contributed by atoms with Crippen molar-refractivity contribution in [3.8, 4) is 0 Å². The summed E-state index contributed by atoms with van der Waals surface area (Å²) < 4.78 is 26.1. The predicted octanol–water partition coefficient (Wildman–Crippen LogP) is 0.309. The van der Waals surface area contributed by atoms with Crippen molar-refractivity contribution in [2.24, 2.45) is 0 Å². The topological polar surface area (TPSA) is 101 Å². The maximum absolute atomic E-state index is 11.9. The van der Waals surface area contributed by atoms with Gasteiger partial charge in [-0.3, -0.25) is 9.82 Å². The van der Waals surface area contributed by atoms with Crippen molar-refractivity contribution < 1.29 is 8.42 Å². The number of hydrogen-bond donors (Lipinski definition) is 2. The van der Waals surface area contributed by atoms with Crippen LogP contribution >= 0.6 is 0 Å². The largest absolute Gasteiger partial charge is 0.281 e. The Labute approximate surface area is 92.0 Å². The third kappa shape index (κ3) is 2.01. The minimum Gasteiger partial charge on any atom is -0.281 e. The van der Waals surface area contributed by atoms with Gasteiger partial charge in [0.15, 0.2) is 0 Å². The molecule has 16 heavy (non-hydrogen) atoms. The summed E-state index contributed by atoms with van der Waals surface area (Å²) in [6.07, 6.45) is 5.32. The van der Waals surface area contributed by atoms with E-state index in [-0.39, 0.29) is 4.90 Å². The van der Waals surface area contributed by atoms with Gasteiger partial charge in [-0.25, -0.2) is 18.4 Å². The van der Waals surface area contributed by atoms with E-state index in [1.54, 1.807) is 6.92 Å². The van der Waals surface area contributed by atoms with Crippen LogP contribution in [0, 0.1) is 6.92 Å². The molecule has 0 aromatic carbocycles. The van der Waals surface area contributed by atoms with Crippen LogP contribution in [0.25, 0.3) is 0 Å². The lowest BCUT2D eigenvalue weighted by Gasteiger charge is -2.05. The Morgan fingerprint density at radius 2 is 1.94 bits per heavy atom. The Morgan fingerprint density at radius 3 is 2.50 bits per heavy atom. The Balaban J connectivity index is 2.32. The number of nitrogens with one attached hydrogen (secondary N) is 2. The molecule has 0 atom stereocenters. The number of hydrogen-bond acceptors (Lipinski definition) is 5. The van der Waals surface area contributed by atoms with Crippen LogP contribution < -0.4 is 4.72 Å². The van der Waals surface area contributed by atoms with Gasteiger partial charge in [0.1, 0.15) is 11.2 Å². The van der Waals surface area contributed by atoms with E-state index in [1.807, 2.05) is 0 Å². The van der Waals surface area contributed by atoms with Crippen LogP contribution in [0.5, 0.6) is 0 Å². The molecule has 0 spiro atoms. The van der Waals surface area contributed by atoms with Crippen LogP contribution in [-0.4, -0.2) is 28.6 Å². The molecule has 2 N–H and O–H groups in total. The number of sulfonamides is 1. The standard InChI is InChI=1S/C8H9N5O2S/c1-6-8(4-11-12-6)16(14,15)13-7-2-9-5-10-3-7/h2-5,13H,1H3,(H,11,12). The molecule has 0 aliphatic heterocycles. The SMILES string of the molecule is Cc1[nH]ncc1S(=O)(=O)Nc1cncnc1. The van der Waals surface area contributed by atoms with Gasteiger partial charge in [0.25, 0.3) is 10.0 Å². The van der Waals surface area contributed by atoms with E-state index >= 15 is 0 Å². The Kier molecular flexibility index (Phi) is 2.57. The maximum atomic E-state index is 11.9. The van der Waals surface area contributed by atoms with Crippen molar-refractivity contribution >= 4 is 15.7 Å². The molecule has 7 nitrogen and oxygen atoms in total. The number of nitrogens with zero attached hydrogens (tertiary/aromatic N) is 3. The highest BCUT2D eigenvalue weighted by Gasteiger charge is 2.18. The summed E-state index contributed by atoms with van der Waals surface area (Å²) >= 11 is 0. The summed E-state index contributed by atoms with van der Waals surface area (Å²) in [7, 11) is -3.62. The maximum Gasteiger partial charge on any atom is 0.265 e. The van der Waals surface area contributed by atoms with Gasteiger partial charge >= 0.3 is 0 Å². The molecule has 0 aliphatic rings. The van der Waals surface area contributed by atoms with Gasteiger partial charge in [0.2, 0.25) is 0 Å². The van der Waals surface area contributed by atoms with E-state index in [0.717, 1.165) is 0 Å². The van der Waals surface area contributed by atoms with Gasteiger partial charge in [-0.1, -0.05) is 0 Å². The lowest BCUT2D eigenvalue weighted by Crippen LogP contribution is -2.13. The van der Waals surface area contributed by atoms with E-state index in [0.29, 0.717) is 11.4 Å². The summed E-state index contributed by atoms with van der Waals surface area (Å²) in [5.74, 6) is 0. The molecule has 0 bridgehead atoms. The fraction of sp³-hybridized carbons (Fsp3) is 0.125. The van der Waals surface area contributed by atoms with Gasteiger partial charge in [-0.05, 0) is 6.92 Å². The zero-order valence-corrected chi connectivity index (χ0v) is 9.19. The van der Waals surface area contributed by atoms with Crippen molar-refractivity contribution in [3.05, 3.63) is 30.6 Å². The first-order chi connectivity index (χ1) is 7.59. The van der Waals surface area contributed by atoms with Crippen molar-refractivity contribution in [1.29, 1.82) is 0 Å². The van der Waals surface area contributed by atoms with Gasteiger partial charge in [-0.2, -0.15) is 5.10 Å². The summed E-state index contributed by atoms with van der Waals surface area (Å²) in [6, 6.07) is 0. The highest BCUT2D eigenvalue weighted by atomic mass is 32.2. The van der Waals surface area contributed by atoms with Crippen molar-refractivity contribution in [3.63, 3.8) is 0 Å². The van der Waals surface area contributed by atoms with Crippen LogP contribution in [0.1, 0.15) is 5.69 Å². The van der Waals surface area contributed by atoms with Crippen LogP contribution in [0.15, 0.2) is 29.8 Å². The summed E-state index contributed by atoms with van der Waals surface area (Å²) in [5.41, 5.74) is 0.785. The number of aromatic amines is 1. The molecule has 0 aliphatic carbocycles. The normalized spacial score (nSPS) is 11.3. The predicted molar refractivity (Wildman–Crippen MR) is 56.2 cm³/mol. The van der Waals surface area contributed by atoms with E-state index < -0.39 is 10.0 Å². The molecule has 0 saturated heterocycles. The summed E-state index contributed by atoms with van der Waals surface area (Å²) in [5, 5.41) is 6.21.